The van der Waals surface area contributed by atoms with Crippen LogP contribution in [-0.4, -0.2) is 21.1 Å². The van der Waals surface area contributed by atoms with Gasteiger partial charge in [-0.05, 0) is 44.1 Å². The average molecular weight is 340 g/mol. The molecule has 5 nitrogen and oxygen atoms in total. The van der Waals surface area contributed by atoms with Gasteiger partial charge in [-0.1, -0.05) is 6.08 Å². The number of hydrogen-bond donors (Lipinski definition) is 0. The molecule has 0 spiro atoms. The van der Waals surface area contributed by atoms with E-state index >= 15 is 0 Å². The number of allylic oxidation sites excluding steroid dienone is 2. The molecule has 4 rings (SSSR count). The minimum Gasteiger partial charge on any atom is -0.316 e. The predicted molar refractivity (Wildman–Crippen MR) is 94.7 cm³/mol. The van der Waals surface area contributed by atoms with E-state index in [4.69, 9.17) is 0 Å². The van der Waals surface area contributed by atoms with Gasteiger partial charge in [0.25, 0.3) is 5.56 Å². The van der Waals surface area contributed by atoms with Gasteiger partial charge in [-0.15, -0.1) is 0 Å². The van der Waals surface area contributed by atoms with Crippen molar-refractivity contribution < 1.29 is 4.39 Å². The molecule has 2 aromatic heterocycles. The Balaban J connectivity index is 1.83. The molecule has 1 saturated heterocycles. The molecule has 2 aliphatic rings. The van der Waals surface area contributed by atoms with Crippen LogP contribution in [0.5, 0.6) is 0 Å². The first-order valence-corrected chi connectivity index (χ1v) is 8.80. The van der Waals surface area contributed by atoms with Crippen molar-refractivity contribution in [2.45, 2.75) is 32.1 Å². The topological polar surface area (TPSA) is 51.0 Å². The van der Waals surface area contributed by atoms with Crippen LogP contribution in [-0.2, 0) is 7.05 Å². The van der Waals surface area contributed by atoms with Gasteiger partial charge in [0, 0.05) is 37.1 Å². The number of pyridine rings is 1. The third-order valence-electron chi connectivity index (χ3n) is 5.18. The second-order valence-electron chi connectivity index (χ2n) is 6.74. The molecule has 3 heterocycles. The van der Waals surface area contributed by atoms with Crippen LogP contribution >= 0.6 is 0 Å². The van der Waals surface area contributed by atoms with E-state index in [0.29, 0.717) is 23.1 Å². The summed E-state index contributed by atoms with van der Waals surface area (Å²) in [6.45, 7) is 0.838. The van der Waals surface area contributed by atoms with Crippen molar-refractivity contribution >= 4 is 5.95 Å². The number of hydrogen-bond acceptors (Lipinski definition) is 4. The van der Waals surface area contributed by atoms with Gasteiger partial charge in [0.1, 0.15) is 0 Å². The average Bonchev–Trinajstić information content (AvgIpc) is 2.64. The van der Waals surface area contributed by atoms with Crippen molar-refractivity contribution in [1.82, 2.24) is 14.5 Å². The second-order valence-corrected chi connectivity index (χ2v) is 6.74. The highest BCUT2D eigenvalue weighted by Gasteiger charge is 2.29. The lowest BCUT2D eigenvalue weighted by atomic mass is 9.85. The summed E-state index contributed by atoms with van der Waals surface area (Å²) in [4.78, 5) is 23.1. The van der Waals surface area contributed by atoms with Crippen molar-refractivity contribution in [2.75, 3.05) is 11.4 Å². The first kappa shape index (κ1) is 16.0. The Morgan fingerprint density at radius 2 is 2.12 bits per heavy atom. The minimum atomic E-state index is -0.470. The zero-order chi connectivity index (χ0) is 17.4. The van der Waals surface area contributed by atoms with Crippen molar-refractivity contribution in [1.29, 1.82) is 0 Å². The van der Waals surface area contributed by atoms with Gasteiger partial charge in [-0.3, -0.25) is 14.3 Å². The highest BCUT2D eigenvalue weighted by atomic mass is 19.1. The summed E-state index contributed by atoms with van der Waals surface area (Å²) >= 11 is 0. The summed E-state index contributed by atoms with van der Waals surface area (Å²) in [5.74, 6) is 0.667. The fourth-order valence-corrected chi connectivity index (χ4v) is 3.88. The fraction of sp³-hybridized carbons (Fsp3) is 0.421. The molecular formula is C19H21FN4O. The first-order valence-electron chi connectivity index (χ1n) is 8.80. The number of halogens is 1. The van der Waals surface area contributed by atoms with Gasteiger partial charge in [0.05, 0.1) is 11.9 Å². The Bertz CT molecular complexity index is 889. The molecule has 0 aromatic carbocycles. The van der Waals surface area contributed by atoms with Gasteiger partial charge in [-0.2, -0.15) is 0 Å². The molecule has 0 N–H and O–H groups in total. The van der Waals surface area contributed by atoms with Gasteiger partial charge in [0.15, 0.2) is 5.82 Å². The largest absolute Gasteiger partial charge is 0.316 e. The molecular weight excluding hydrogens is 319 g/mol. The molecule has 1 fully saturated rings. The molecule has 0 saturated carbocycles. The summed E-state index contributed by atoms with van der Waals surface area (Å²) in [5.41, 5.74) is 1.75. The summed E-state index contributed by atoms with van der Waals surface area (Å²) in [5, 5.41) is 0. The van der Waals surface area contributed by atoms with E-state index in [1.54, 1.807) is 17.7 Å². The number of anilines is 1. The van der Waals surface area contributed by atoms with Crippen LogP contribution in [0.3, 0.4) is 0 Å². The van der Waals surface area contributed by atoms with Gasteiger partial charge >= 0.3 is 0 Å². The molecule has 1 aliphatic carbocycles. The molecule has 1 unspecified atom stereocenters. The van der Waals surface area contributed by atoms with Crippen LogP contribution in [0, 0.1) is 11.7 Å². The third kappa shape index (κ3) is 2.86. The number of piperidine rings is 1. The van der Waals surface area contributed by atoms with E-state index in [-0.39, 0.29) is 5.56 Å². The number of aromatic nitrogens is 3. The molecule has 1 aliphatic heterocycles. The van der Waals surface area contributed by atoms with Crippen LogP contribution in [0.4, 0.5) is 10.3 Å². The van der Waals surface area contributed by atoms with E-state index in [1.165, 1.54) is 37.2 Å². The molecule has 130 valence electrons. The fourth-order valence-electron chi connectivity index (χ4n) is 3.88. The molecule has 25 heavy (non-hydrogen) atoms. The predicted octanol–water partition coefficient (Wildman–Crippen LogP) is 3.27. The Labute approximate surface area is 145 Å². The van der Waals surface area contributed by atoms with Crippen molar-refractivity contribution in [2.24, 2.45) is 13.0 Å². The summed E-state index contributed by atoms with van der Waals surface area (Å²) in [7, 11) is 1.73. The van der Waals surface area contributed by atoms with Gasteiger partial charge in [0.2, 0.25) is 5.95 Å². The quantitative estimate of drug-likeness (QED) is 0.842. The van der Waals surface area contributed by atoms with E-state index in [9.17, 15) is 9.18 Å². The molecule has 1 atom stereocenters. The molecule has 6 heteroatoms. The smallest absolute Gasteiger partial charge is 0.255 e. The van der Waals surface area contributed by atoms with Crippen LogP contribution < -0.4 is 10.5 Å². The molecule has 0 bridgehead atoms. The van der Waals surface area contributed by atoms with E-state index in [2.05, 4.69) is 20.9 Å². The molecule has 2 aromatic rings. The van der Waals surface area contributed by atoms with E-state index < -0.39 is 5.82 Å². The molecule has 0 amide bonds. The van der Waals surface area contributed by atoms with Crippen molar-refractivity contribution in [3.05, 3.63) is 52.5 Å². The number of nitrogens with zero attached hydrogens (tertiary/aromatic N) is 4. The maximum atomic E-state index is 14.1. The van der Waals surface area contributed by atoms with Crippen molar-refractivity contribution in [3.63, 3.8) is 0 Å². The normalized spacial score (nSPS) is 20.2. The Morgan fingerprint density at radius 3 is 2.96 bits per heavy atom. The Hall–Kier alpha value is -2.50. The second kappa shape index (κ2) is 6.43. The van der Waals surface area contributed by atoms with Gasteiger partial charge in [-0.25, -0.2) is 9.37 Å². The summed E-state index contributed by atoms with van der Waals surface area (Å²) in [6.07, 6.45) is 10.7. The van der Waals surface area contributed by atoms with Crippen molar-refractivity contribution in [3.8, 4) is 11.3 Å². The lowest BCUT2D eigenvalue weighted by molar-refractivity contribution is 0.413. The minimum absolute atomic E-state index is 0.185. The standard InChI is InChI=1S/C19H21FN4O/c1-23-18(25)11-16(14-8-9-21-12-15(14)20)22-19(23)24-10-4-6-13-5-2-3-7-17(13)24/h7-9,11-13H,2-6,10H2,1H3. The summed E-state index contributed by atoms with van der Waals surface area (Å²) < 4.78 is 15.7. The third-order valence-corrected chi connectivity index (χ3v) is 5.18. The SMILES string of the molecule is Cn1c(N2CCCC3CCCC=C32)nc(-c2ccncc2F)cc1=O. The Kier molecular flexibility index (Phi) is 4.11. The lowest BCUT2D eigenvalue weighted by Crippen LogP contribution is -2.38. The van der Waals surface area contributed by atoms with Gasteiger partial charge < -0.3 is 4.90 Å². The van der Waals surface area contributed by atoms with E-state index in [1.807, 2.05) is 0 Å². The zero-order valence-corrected chi connectivity index (χ0v) is 14.3. The highest BCUT2D eigenvalue weighted by Crippen LogP contribution is 2.37. The maximum Gasteiger partial charge on any atom is 0.255 e. The van der Waals surface area contributed by atoms with Crippen LogP contribution in [0.2, 0.25) is 0 Å². The first-order chi connectivity index (χ1) is 12.1. The van der Waals surface area contributed by atoms with Crippen LogP contribution in [0.1, 0.15) is 32.1 Å². The number of fused-ring (bicyclic) bond motifs is 1. The van der Waals surface area contributed by atoms with E-state index in [0.717, 1.165) is 25.6 Å². The number of rotatable bonds is 2. The molecule has 0 radical (unpaired) electrons. The van der Waals surface area contributed by atoms with Crippen LogP contribution in [0.25, 0.3) is 11.3 Å². The zero-order valence-electron chi connectivity index (χ0n) is 14.3. The Morgan fingerprint density at radius 1 is 1.28 bits per heavy atom. The monoisotopic (exact) mass is 340 g/mol. The van der Waals surface area contributed by atoms with Crippen LogP contribution in [0.15, 0.2) is 41.1 Å². The maximum absolute atomic E-state index is 14.1. The highest BCUT2D eigenvalue weighted by molar-refractivity contribution is 5.61. The lowest BCUT2D eigenvalue weighted by Gasteiger charge is -2.39. The summed E-state index contributed by atoms with van der Waals surface area (Å²) in [6, 6.07) is 2.94.